The van der Waals surface area contributed by atoms with Gasteiger partial charge < -0.3 is 5.73 Å². The predicted molar refractivity (Wildman–Crippen MR) is 44.1 cm³/mol. The molecule has 0 saturated heterocycles. The van der Waals surface area contributed by atoms with E-state index in [9.17, 15) is 14.9 Å². The van der Waals surface area contributed by atoms with Gasteiger partial charge in [0.25, 0.3) is 5.91 Å². The molecule has 0 unspecified atom stereocenters. The zero-order valence-corrected chi connectivity index (χ0v) is 6.85. The molecule has 68 valence electrons. The van der Waals surface area contributed by atoms with Gasteiger partial charge in [-0.05, 0) is 13.0 Å². The fourth-order valence-corrected chi connectivity index (χ4v) is 0.988. The van der Waals surface area contributed by atoms with Crippen LogP contribution in [0.5, 0.6) is 0 Å². The minimum atomic E-state index is -0.822. The van der Waals surface area contributed by atoms with Gasteiger partial charge in [-0.3, -0.25) is 19.9 Å². The molecular formula is C7H7N3O3. The Morgan fingerprint density at radius 2 is 2.31 bits per heavy atom. The number of amides is 1. The summed E-state index contributed by atoms with van der Waals surface area (Å²) in [4.78, 5) is 24.3. The van der Waals surface area contributed by atoms with Crippen molar-refractivity contribution in [2.24, 2.45) is 5.73 Å². The third-order valence-corrected chi connectivity index (χ3v) is 1.56. The van der Waals surface area contributed by atoms with Crippen molar-refractivity contribution in [1.82, 2.24) is 4.98 Å². The van der Waals surface area contributed by atoms with Gasteiger partial charge in [0, 0.05) is 6.20 Å². The molecule has 0 bridgehead atoms. The lowest BCUT2D eigenvalue weighted by atomic mass is 10.2. The van der Waals surface area contributed by atoms with E-state index in [0.717, 1.165) is 0 Å². The molecule has 0 fully saturated rings. The highest BCUT2D eigenvalue weighted by Crippen LogP contribution is 2.19. The van der Waals surface area contributed by atoms with Crippen molar-refractivity contribution in [3.63, 3.8) is 0 Å². The number of aromatic nitrogens is 1. The Morgan fingerprint density at radius 1 is 1.69 bits per heavy atom. The Labute approximate surface area is 73.5 Å². The van der Waals surface area contributed by atoms with Crippen LogP contribution in [-0.4, -0.2) is 15.8 Å². The second-order valence-corrected chi connectivity index (χ2v) is 2.41. The van der Waals surface area contributed by atoms with Crippen molar-refractivity contribution in [3.8, 4) is 0 Å². The maximum Gasteiger partial charge on any atom is 0.303 e. The normalized spacial score (nSPS) is 9.62. The van der Waals surface area contributed by atoms with Crippen molar-refractivity contribution >= 4 is 11.6 Å². The molecule has 0 aliphatic rings. The van der Waals surface area contributed by atoms with Gasteiger partial charge in [-0.2, -0.15) is 0 Å². The van der Waals surface area contributed by atoms with E-state index < -0.39 is 10.8 Å². The minimum Gasteiger partial charge on any atom is -0.365 e. The third kappa shape index (κ3) is 1.61. The van der Waals surface area contributed by atoms with Crippen LogP contribution in [0.1, 0.15) is 16.1 Å². The summed E-state index contributed by atoms with van der Waals surface area (Å²) in [5.41, 5.74) is 4.69. The number of pyridine rings is 1. The molecule has 0 aliphatic carbocycles. The van der Waals surface area contributed by atoms with Crippen molar-refractivity contribution in [3.05, 3.63) is 33.6 Å². The lowest BCUT2D eigenvalue weighted by molar-refractivity contribution is -0.386. The smallest absolute Gasteiger partial charge is 0.303 e. The monoisotopic (exact) mass is 181 g/mol. The maximum absolute atomic E-state index is 10.8. The Hall–Kier alpha value is -1.98. The number of primary amides is 1. The van der Waals surface area contributed by atoms with E-state index in [4.69, 9.17) is 5.73 Å². The Morgan fingerprint density at radius 3 is 2.69 bits per heavy atom. The van der Waals surface area contributed by atoms with E-state index in [0.29, 0.717) is 0 Å². The molecule has 13 heavy (non-hydrogen) atoms. The summed E-state index contributed by atoms with van der Waals surface area (Å²) in [6.07, 6.45) is 1.31. The van der Waals surface area contributed by atoms with Crippen LogP contribution in [0.25, 0.3) is 0 Å². The maximum atomic E-state index is 10.8. The van der Waals surface area contributed by atoms with Crippen LogP contribution in [0.2, 0.25) is 0 Å². The van der Waals surface area contributed by atoms with Crippen LogP contribution in [0.15, 0.2) is 12.3 Å². The molecule has 1 aromatic heterocycles. The number of nitrogens with zero attached hydrogens (tertiary/aromatic N) is 2. The average Bonchev–Trinajstić information content (AvgIpc) is 2.02. The summed E-state index contributed by atoms with van der Waals surface area (Å²) in [7, 11) is 0. The van der Waals surface area contributed by atoms with Crippen molar-refractivity contribution in [2.45, 2.75) is 6.92 Å². The van der Waals surface area contributed by atoms with Crippen LogP contribution in [0.4, 0.5) is 5.69 Å². The van der Waals surface area contributed by atoms with E-state index in [1.54, 1.807) is 0 Å². The quantitative estimate of drug-likeness (QED) is 0.527. The number of aryl methyl sites for hydroxylation is 1. The highest BCUT2D eigenvalue weighted by Gasteiger charge is 2.21. The summed E-state index contributed by atoms with van der Waals surface area (Å²) in [6.45, 7) is 1.45. The Balaban J connectivity index is 3.43. The molecule has 1 amide bonds. The number of rotatable bonds is 2. The molecule has 0 aliphatic heterocycles. The van der Waals surface area contributed by atoms with Crippen LogP contribution in [0, 0.1) is 17.0 Å². The minimum absolute atomic E-state index is 0.113. The lowest BCUT2D eigenvalue weighted by Gasteiger charge is -1.99. The van der Waals surface area contributed by atoms with Crippen molar-refractivity contribution in [1.29, 1.82) is 0 Å². The van der Waals surface area contributed by atoms with E-state index in [-0.39, 0.29) is 16.9 Å². The lowest BCUT2D eigenvalue weighted by Crippen LogP contribution is -2.14. The van der Waals surface area contributed by atoms with Gasteiger partial charge in [-0.1, -0.05) is 0 Å². The molecule has 1 rings (SSSR count). The molecule has 0 aromatic carbocycles. The predicted octanol–water partition coefficient (Wildman–Crippen LogP) is 0.397. The topological polar surface area (TPSA) is 99.1 Å². The molecule has 2 N–H and O–H groups in total. The van der Waals surface area contributed by atoms with Gasteiger partial charge in [-0.25, -0.2) is 0 Å². The summed E-state index contributed by atoms with van der Waals surface area (Å²) in [5.74, 6) is -0.822. The van der Waals surface area contributed by atoms with Gasteiger partial charge in [0.15, 0.2) is 0 Å². The first kappa shape index (κ1) is 9.11. The van der Waals surface area contributed by atoms with Crippen LogP contribution >= 0.6 is 0 Å². The first-order valence-corrected chi connectivity index (χ1v) is 3.44. The van der Waals surface area contributed by atoms with Crippen molar-refractivity contribution < 1.29 is 9.72 Å². The first-order valence-electron chi connectivity index (χ1n) is 3.44. The first-order chi connectivity index (χ1) is 6.04. The molecule has 6 nitrogen and oxygen atoms in total. The third-order valence-electron chi connectivity index (χ3n) is 1.56. The second kappa shape index (κ2) is 3.18. The zero-order chi connectivity index (χ0) is 10.0. The SMILES string of the molecule is Cc1nccc(C(N)=O)c1[N+](=O)[O-]. The molecule has 1 heterocycles. The number of carbonyl (C=O) groups excluding carboxylic acids is 1. The van der Waals surface area contributed by atoms with E-state index in [2.05, 4.69) is 4.98 Å². The van der Waals surface area contributed by atoms with Crippen LogP contribution in [-0.2, 0) is 0 Å². The standard InChI is InChI=1S/C7H7N3O3/c1-4-6(10(12)13)5(7(8)11)2-3-9-4/h2-3H,1H3,(H2,8,11). The van der Waals surface area contributed by atoms with Gasteiger partial charge in [0.05, 0.1) is 4.92 Å². The summed E-state index contributed by atoms with van der Waals surface area (Å²) < 4.78 is 0. The number of carbonyl (C=O) groups is 1. The number of hydrogen-bond donors (Lipinski definition) is 1. The van der Waals surface area contributed by atoms with Gasteiger partial charge in [0.2, 0.25) is 0 Å². The van der Waals surface area contributed by atoms with E-state index in [1.165, 1.54) is 19.2 Å². The molecular weight excluding hydrogens is 174 g/mol. The van der Waals surface area contributed by atoms with Crippen LogP contribution in [0.3, 0.4) is 0 Å². The summed E-state index contributed by atoms with van der Waals surface area (Å²) in [5, 5.41) is 10.5. The van der Waals surface area contributed by atoms with E-state index in [1.807, 2.05) is 0 Å². The van der Waals surface area contributed by atoms with Crippen LogP contribution < -0.4 is 5.73 Å². The molecule has 1 aromatic rings. The molecule has 0 atom stereocenters. The molecule has 0 radical (unpaired) electrons. The van der Waals surface area contributed by atoms with Gasteiger partial charge in [0.1, 0.15) is 11.3 Å². The van der Waals surface area contributed by atoms with Gasteiger partial charge >= 0.3 is 5.69 Å². The fourth-order valence-electron chi connectivity index (χ4n) is 0.988. The Kier molecular flexibility index (Phi) is 2.23. The molecule has 6 heteroatoms. The average molecular weight is 181 g/mol. The van der Waals surface area contributed by atoms with E-state index >= 15 is 0 Å². The number of hydrogen-bond acceptors (Lipinski definition) is 4. The Bertz CT molecular complexity index is 375. The zero-order valence-electron chi connectivity index (χ0n) is 6.85. The van der Waals surface area contributed by atoms with Crippen molar-refractivity contribution in [2.75, 3.05) is 0 Å². The highest BCUT2D eigenvalue weighted by atomic mass is 16.6. The number of nitrogens with two attached hydrogens (primary N) is 1. The molecule has 0 saturated carbocycles. The van der Waals surface area contributed by atoms with Gasteiger partial charge in [-0.15, -0.1) is 0 Å². The second-order valence-electron chi connectivity index (χ2n) is 2.41. The molecule has 0 spiro atoms. The largest absolute Gasteiger partial charge is 0.365 e. The highest BCUT2D eigenvalue weighted by molar-refractivity contribution is 5.97. The summed E-state index contributed by atoms with van der Waals surface area (Å²) in [6, 6.07) is 1.23. The summed E-state index contributed by atoms with van der Waals surface area (Å²) >= 11 is 0. The number of nitro groups is 1. The fraction of sp³-hybridized carbons (Fsp3) is 0.143.